The molecule has 0 aromatic rings. The van der Waals surface area contributed by atoms with Crippen molar-refractivity contribution >= 4 is 18.2 Å². The highest BCUT2D eigenvalue weighted by molar-refractivity contribution is 7.89. The molecule has 0 saturated carbocycles. The largest absolute Gasteiger partial charge is 0.286 e. The molecule has 0 aliphatic carbocycles. The zero-order chi connectivity index (χ0) is 9.12. The van der Waals surface area contributed by atoms with E-state index in [2.05, 4.69) is 4.03 Å². The van der Waals surface area contributed by atoms with Gasteiger partial charge in [0, 0.05) is 6.26 Å². The van der Waals surface area contributed by atoms with E-state index in [1.54, 1.807) is 6.26 Å². The molecule has 0 heterocycles. The van der Waals surface area contributed by atoms with Crippen LogP contribution in [0.4, 0.5) is 0 Å². The fraction of sp³-hybridized carbons (Fsp3) is 1.00. The lowest BCUT2D eigenvalue weighted by Crippen LogP contribution is -2.20. The summed E-state index contributed by atoms with van der Waals surface area (Å²) in [7, 11) is -3.96. The Morgan fingerprint density at radius 2 is 1.91 bits per heavy atom. The molecule has 0 aliphatic heterocycles. The Morgan fingerprint density at radius 3 is 2.18 bits per heavy atom. The van der Waals surface area contributed by atoms with Crippen molar-refractivity contribution in [3.05, 3.63) is 0 Å². The summed E-state index contributed by atoms with van der Waals surface area (Å²) in [6, 6.07) is 0. The maximum absolute atomic E-state index is 11.4. The second-order valence-electron chi connectivity index (χ2n) is 3.40. The summed E-state index contributed by atoms with van der Waals surface area (Å²) in [5, 5.41) is 0. The first-order valence-electron chi connectivity index (χ1n) is 3.64. The molecule has 1 unspecified atom stereocenters. The van der Waals surface area contributed by atoms with E-state index >= 15 is 0 Å². The first-order chi connectivity index (χ1) is 4.77. The molecule has 0 spiro atoms. The van der Waals surface area contributed by atoms with Gasteiger partial charge < -0.3 is 0 Å². The van der Waals surface area contributed by atoms with Crippen LogP contribution >= 0.6 is 0 Å². The van der Waals surface area contributed by atoms with Gasteiger partial charge in [0.25, 0.3) is 0 Å². The highest BCUT2D eigenvalue weighted by atomic mass is 32.2. The predicted octanol–water partition coefficient (Wildman–Crippen LogP) is 1.87. The lowest BCUT2D eigenvalue weighted by Gasteiger charge is -2.11. The number of rotatable bonds is 3. The van der Waals surface area contributed by atoms with E-state index in [0.29, 0.717) is 6.61 Å². The summed E-state index contributed by atoms with van der Waals surface area (Å²) >= 11 is 0. The third kappa shape index (κ3) is 6.52. The van der Waals surface area contributed by atoms with Gasteiger partial charge in [-0.25, -0.2) is 4.21 Å². The fourth-order valence-corrected chi connectivity index (χ4v) is 5.37. The second-order valence-corrected chi connectivity index (χ2v) is 10.2. The molecule has 11 heavy (non-hydrogen) atoms. The Kier molecular flexibility index (Phi) is 3.73. The van der Waals surface area contributed by atoms with Crippen molar-refractivity contribution in [1.29, 1.82) is 0 Å². The van der Waals surface area contributed by atoms with Gasteiger partial charge in [0.15, 0.2) is 18.2 Å². The van der Waals surface area contributed by atoms with Crippen LogP contribution in [0.25, 0.3) is 0 Å². The summed E-state index contributed by atoms with van der Waals surface area (Å²) < 4.78 is 20.6. The normalized spacial score (nSPS) is 17.5. The van der Waals surface area contributed by atoms with Crippen molar-refractivity contribution in [2.75, 3.05) is 12.9 Å². The Morgan fingerprint density at radius 1 is 1.45 bits per heavy atom. The molecule has 0 amide bonds. The van der Waals surface area contributed by atoms with E-state index in [1.165, 1.54) is 0 Å². The van der Waals surface area contributed by atoms with Crippen LogP contribution in [0.3, 0.4) is 0 Å². The lowest BCUT2D eigenvalue weighted by molar-refractivity contribution is 0.368. The third-order valence-corrected chi connectivity index (χ3v) is 4.97. The molecule has 3 nitrogen and oxygen atoms in total. The van der Waals surface area contributed by atoms with E-state index in [0.717, 1.165) is 0 Å². The fourth-order valence-electron chi connectivity index (χ4n) is 0.742. The van der Waals surface area contributed by atoms with Crippen LogP contribution in [0.1, 0.15) is 6.92 Å². The van der Waals surface area contributed by atoms with Gasteiger partial charge in [-0.1, -0.05) is 0 Å². The van der Waals surface area contributed by atoms with Crippen LogP contribution in [0.2, 0.25) is 19.6 Å². The quantitative estimate of drug-likeness (QED) is 0.645. The summed E-state index contributed by atoms with van der Waals surface area (Å²) in [6.45, 7) is 8.39. The van der Waals surface area contributed by atoms with E-state index in [-0.39, 0.29) is 0 Å². The average molecular weight is 195 g/mol. The molecule has 0 rings (SSSR count). The Labute approximate surface area is 70.6 Å². The predicted molar refractivity (Wildman–Crippen MR) is 51.5 cm³/mol. The smallest absolute Gasteiger partial charge is 0.187 e. The van der Waals surface area contributed by atoms with Crippen molar-refractivity contribution in [3.63, 3.8) is 0 Å². The first-order valence-corrected chi connectivity index (χ1v) is 8.94. The number of hydrogen-bond donors (Lipinski definition) is 0. The minimum Gasteiger partial charge on any atom is -0.286 e. The second kappa shape index (κ2) is 3.69. The molecule has 0 radical (unpaired) electrons. The van der Waals surface area contributed by atoms with Gasteiger partial charge in [-0.15, -0.1) is 0 Å². The highest BCUT2D eigenvalue weighted by Gasteiger charge is 2.14. The summed E-state index contributed by atoms with van der Waals surface area (Å²) in [4.78, 5) is 0. The third-order valence-electron chi connectivity index (χ3n) is 0.776. The van der Waals surface area contributed by atoms with Crippen LogP contribution in [0.5, 0.6) is 0 Å². The molecule has 68 valence electrons. The standard InChI is InChI=1S/C6H17NO2SSi/c1-6-9-10(2,8)7-11(3,4)5/h6H2,1-5H3. The Balaban J connectivity index is 4.54. The molecule has 0 aromatic carbocycles. The maximum Gasteiger partial charge on any atom is 0.187 e. The summed E-state index contributed by atoms with van der Waals surface area (Å²) in [5.74, 6) is 0. The lowest BCUT2D eigenvalue weighted by atomic mass is 10.9. The van der Waals surface area contributed by atoms with Crippen molar-refractivity contribution in [2.24, 2.45) is 4.03 Å². The molecule has 0 aliphatic rings. The van der Waals surface area contributed by atoms with Crippen LogP contribution in [0.15, 0.2) is 4.03 Å². The zero-order valence-electron chi connectivity index (χ0n) is 7.88. The Bertz CT molecular complexity index is 225. The van der Waals surface area contributed by atoms with Crippen molar-refractivity contribution in [1.82, 2.24) is 0 Å². The zero-order valence-corrected chi connectivity index (χ0v) is 9.70. The number of nitrogens with zero attached hydrogens (tertiary/aromatic N) is 1. The van der Waals surface area contributed by atoms with Gasteiger partial charge in [0.1, 0.15) is 0 Å². The Hall–Kier alpha value is 0.127. The minimum atomic E-state index is -2.35. The number of hydrogen-bond acceptors (Lipinski definition) is 3. The van der Waals surface area contributed by atoms with Gasteiger partial charge in [-0.2, -0.15) is 0 Å². The van der Waals surface area contributed by atoms with Crippen LogP contribution < -0.4 is 0 Å². The first kappa shape index (κ1) is 11.1. The molecule has 0 aromatic heterocycles. The van der Waals surface area contributed by atoms with Gasteiger partial charge >= 0.3 is 0 Å². The van der Waals surface area contributed by atoms with E-state index in [1.807, 2.05) is 26.6 Å². The molecular weight excluding hydrogens is 178 g/mol. The van der Waals surface area contributed by atoms with Gasteiger partial charge in [0.2, 0.25) is 0 Å². The van der Waals surface area contributed by atoms with E-state index in [9.17, 15) is 4.21 Å². The molecule has 0 bridgehead atoms. The van der Waals surface area contributed by atoms with E-state index in [4.69, 9.17) is 4.18 Å². The van der Waals surface area contributed by atoms with Gasteiger partial charge in [0.05, 0.1) is 6.61 Å². The van der Waals surface area contributed by atoms with E-state index < -0.39 is 18.2 Å². The van der Waals surface area contributed by atoms with Crippen LogP contribution in [-0.2, 0) is 14.2 Å². The van der Waals surface area contributed by atoms with Gasteiger partial charge in [-0.05, 0) is 26.6 Å². The topological polar surface area (TPSA) is 38.7 Å². The minimum absolute atomic E-state index is 0.462. The summed E-state index contributed by atoms with van der Waals surface area (Å²) in [6.07, 6.45) is 1.55. The van der Waals surface area contributed by atoms with Crippen molar-refractivity contribution in [3.8, 4) is 0 Å². The molecular formula is C6H17NO2SSi. The van der Waals surface area contributed by atoms with Crippen molar-refractivity contribution < 1.29 is 8.39 Å². The molecule has 5 heteroatoms. The molecule has 0 saturated heterocycles. The van der Waals surface area contributed by atoms with Crippen LogP contribution in [0, 0.1) is 0 Å². The molecule has 1 atom stereocenters. The maximum atomic E-state index is 11.4. The molecule has 0 fully saturated rings. The SMILES string of the molecule is CCOS(C)(=O)=N[Si](C)(C)C. The average Bonchev–Trinajstić information content (AvgIpc) is 1.55. The summed E-state index contributed by atoms with van der Waals surface area (Å²) in [5.41, 5.74) is 0. The van der Waals surface area contributed by atoms with Crippen LogP contribution in [-0.4, -0.2) is 25.3 Å². The van der Waals surface area contributed by atoms with Gasteiger partial charge in [-0.3, -0.25) is 8.21 Å². The van der Waals surface area contributed by atoms with Crippen molar-refractivity contribution in [2.45, 2.75) is 26.6 Å². The monoisotopic (exact) mass is 195 g/mol. The molecule has 0 N–H and O–H groups in total. The highest BCUT2D eigenvalue weighted by Crippen LogP contribution is 2.07.